The first-order chi connectivity index (χ1) is 9.47. The van der Waals surface area contributed by atoms with Crippen LogP contribution in [-0.4, -0.2) is 34.9 Å². The highest BCUT2D eigenvalue weighted by molar-refractivity contribution is 6.31. The number of carbonyl (C=O) groups is 1. The fraction of sp³-hybridized carbons (Fsp3) is 0.462. The Kier molecular flexibility index (Phi) is 4.57. The molecule has 1 saturated heterocycles. The fourth-order valence-electron chi connectivity index (χ4n) is 2.30. The standard InChI is InChI=1S/C13H16ClN3O3/c14-12-7-11(17(19)20)4-3-9(12)6-13(18)16-5-1-2-10(15)8-16/h3-4,7,10H,1-2,5-6,8,15H2. The number of carbonyl (C=O) groups excluding carboxylic acids is 1. The molecular formula is C13H16ClN3O3. The van der Waals surface area contributed by atoms with Crippen LogP contribution in [0.4, 0.5) is 5.69 Å². The Labute approximate surface area is 121 Å². The number of likely N-dealkylation sites (tertiary alicyclic amines) is 1. The summed E-state index contributed by atoms with van der Waals surface area (Å²) >= 11 is 5.99. The van der Waals surface area contributed by atoms with Crippen molar-refractivity contribution in [3.63, 3.8) is 0 Å². The summed E-state index contributed by atoms with van der Waals surface area (Å²) in [6.07, 6.45) is 1.98. The van der Waals surface area contributed by atoms with Gasteiger partial charge in [0, 0.05) is 31.3 Å². The number of nitro benzene ring substituents is 1. The molecule has 0 aromatic heterocycles. The molecule has 1 fully saturated rings. The van der Waals surface area contributed by atoms with Crippen molar-refractivity contribution in [1.82, 2.24) is 4.90 Å². The van der Waals surface area contributed by atoms with Crippen molar-refractivity contribution in [2.45, 2.75) is 25.3 Å². The van der Waals surface area contributed by atoms with Gasteiger partial charge in [-0.25, -0.2) is 0 Å². The van der Waals surface area contributed by atoms with Crippen LogP contribution in [0.25, 0.3) is 0 Å². The molecule has 1 amide bonds. The molecule has 1 aliphatic heterocycles. The molecule has 7 heteroatoms. The van der Waals surface area contributed by atoms with E-state index >= 15 is 0 Å². The van der Waals surface area contributed by atoms with Crippen molar-refractivity contribution in [1.29, 1.82) is 0 Å². The number of nitrogens with zero attached hydrogens (tertiary/aromatic N) is 2. The van der Waals surface area contributed by atoms with E-state index in [9.17, 15) is 14.9 Å². The molecule has 0 radical (unpaired) electrons. The second-order valence-corrected chi connectivity index (χ2v) is 5.36. The number of non-ortho nitro benzene ring substituents is 1. The van der Waals surface area contributed by atoms with Crippen LogP contribution in [0.15, 0.2) is 18.2 Å². The van der Waals surface area contributed by atoms with Crippen molar-refractivity contribution in [2.24, 2.45) is 5.73 Å². The molecule has 1 atom stereocenters. The molecule has 1 unspecified atom stereocenters. The zero-order valence-electron chi connectivity index (χ0n) is 10.9. The summed E-state index contributed by atoms with van der Waals surface area (Å²) in [7, 11) is 0. The van der Waals surface area contributed by atoms with Crippen LogP contribution in [0.3, 0.4) is 0 Å². The maximum atomic E-state index is 12.2. The average Bonchev–Trinajstić information content (AvgIpc) is 2.40. The molecule has 1 aromatic carbocycles. The molecule has 1 aromatic rings. The number of hydrogen-bond donors (Lipinski definition) is 1. The van der Waals surface area contributed by atoms with E-state index < -0.39 is 4.92 Å². The molecule has 20 heavy (non-hydrogen) atoms. The van der Waals surface area contributed by atoms with Gasteiger partial charge in [-0.1, -0.05) is 17.7 Å². The van der Waals surface area contributed by atoms with Crippen molar-refractivity contribution in [2.75, 3.05) is 13.1 Å². The largest absolute Gasteiger partial charge is 0.341 e. The maximum absolute atomic E-state index is 12.2. The van der Waals surface area contributed by atoms with E-state index in [0.717, 1.165) is 12.8 Å². The zero-order chi connectivity index (χ0) is 14.7. The number of amides is 1. The van der Waals surface area contributed by atoms with Gasteiger partial charge in [-0.15, -0.1) is 0 Å². The summed E-state index contributed by atoms with van der Waals surface area (Å²) < 4.78 is 0. The fourth-order valence-corrected chi connectivity index (χ4v) is 2.55. The molecule has 1 heterocycles. The second kappa shape index (κ2) is 6.19. The number of nitrogens with two attached hydrogens (primary N) is 1. The van der Waals surface area contributed by atoms with Gasteiger partial charge < -0.3 is 10.6 Å². The van der Waals surface area contributed by atoms with Crippen LogP contribution < -0.4 is 5.73 Å². The minimum Gasteiger partial charge on any atom is -0.341 e. The van der Waals surface area contributed by atoms with Gasteiger partial charge in [0.25, 0.3) is 5.69 Å². The Morgan fingerprint density at radius 2 is 2.30 bits per heavy atom. The van der Waals surface area contributed by atoms with Gasteiger partial charge in [0.15, 0.2) is 0 Å². The number of benzene rings is 1. The summed E-state index contributed by atoms with van der Waals surface area (Å²) in [6, 6.07) is 4.19. The lowest BCUT2D eigenvalue weighted by molar-refractivity contribution is -0.384. The molecule has 0 bridgehead atoms. The smallest absolute Gasteiger partial charge is 0.270 e. The van der Waals surface area contributed by atoms with Crippen molar-refractivity contribution in [3.05, 3.63) is 38.9 Å². The SMILES string of the molecule is NC1CCCN(C(=O)Cc2ccc([N+](=O)[O-])cc2Cl)C1. The summed E-state index contributed by atoms with van der Waals surface area (Å²) in [6.45, 7) is 1.26. The highest BCUT2D eigenvalue weighted by Crippen LogP contribution is 2.23. The van der Waals surface area contributed by atoms with E-state index in [1.807, 2.05) is 0 Å². The number of piperidine rings is 1. The van der Waals surface area contributed by atoms with Gasteiger partial charge in [-0.05, 0) is 18.4 Å². The van der Waals surface area contributed by atoms with Crippen LogP contribution >= 0.6 is 11.6 Å². The van der Waals surface area contributed by atoms with E-state index in [0.29, 0.717) is 18.7 Å². The van der Waals surface area contributed by atoms with Crippen LogP contribution in [0.2, 0.25) is 5.02 Å². The Morgan fingerprint density at radius 3 is 2.90 bits per heavy atom. The van der Waals surface area contributed by atoms with Gasteiger partial charge in [0.1, 0.15) is 0 Å². The van der Waals surface area contributed by atoms with Crippen molar-refractivity contribution < 1.29 is 9.72 Å². The molecule has 0 saturated carbocycles. The van der Waals surface area contributed by atoms with Crippen LogP contribution in [-0.2, 0) is 11.2 Å². The van der Waals surface area contributed by atoms with E-state index in [1.54, 1.807) is 4.90 Å². The summed E-state index contributed by atoms with van der Waals surface area (Å²) in [5.41, 5.74) is 6.37. The van der Waals surface area contributed by atoms with Crippen LogP contribution in [0.5, 0.6) is 0 Å². The topological polar surface area (TPSA) is 89.5 Å². The minimum atomic E-state index is -0.513. The Morgan fingerprint density at radius 1 is 1.55 bits per heavy atom. The molecule has 6 nitrogen and oxygen atoms in total. The number of hydrogen-bond acceptors (Lipinski definition) is 4. The van der Waals surface area contributed by atoms with E-state index in [1.165, 1.54) is 18.2 Å². The molecule has 2 rings (SSSR count). The normalized spacial score (nSPS) is 18.9. The average molecular weight is 298 g/mol. The van der Waals surface area contributed by atoms with Gasteiger partial charge in [-0.3, -0.25) is 14.9 Å². The predicted molar refractivity (Wildman–Crippen MR) is 75.6 cm³/mol. The molecule has 2 N–H and O–H groups in total. The number of nitro groups is 1. The highest BCUT2D eigenvalue weighted by atomic mass is 35.5. The van der Waals surface area contributed by atoms with Gasteiger partial charge in [0.05, 0.1) is 16.4 Å². The Bertz CT molecular complexity index is 536. The first-order valence-electron chi connectivity index (χ1n) is 6.43. The third-order valence-corrected chi connectivity index (χ3v) is 3.75. The lowest BCUT2D eigenvalue weighted by Gasteiger charge is -2.30. The lowest BCUT2D eigenvalue weighted by Crippen LogP contribution is -2.46. The Hall–Kier alpha value is -1.66. The summed E-state index contributed by atoms with van der Waals surface area (Å²) in [4.78, 5) is 24.0. The molecular weight excluding hydrogens is 282 g/mol. The first kappa shape index (κ1) is 14.7. The molecule has 0 aliphatic carbocycles. The van der Waals surface area contributed by atoms with Crippen LogP contribution in [0, 0.1) is 10.1 Å². The molecule has 108 valence electrons. The third kappa shape index (κ3) is 3.46. The summed E-state index contributed by atoms with van der Waals surface area (Å²) in [5.74, 6) is -0.0455. The maximum Gasteiger partial charge on any atom is 0.270 e. The monoisotopic (exact) mass is 297 g/mol. The summed E-state index contributed by atoms with van der Waals surface area (Å²) in [5, 5.41) is 10.9. The van der Waals surface area contributed by atoms with E-state index in [-0.39, 0.29) is 29.1 Å². The highest BCUT2D eigenvalue weighted by Gasteiger charge is 2.22. The zero-order valence-corrected chi connectivity index (χ0v) is 11.7. The number of rotatable bonds is 3. The predicted octanol–water partition coefficient (Wildman–Crippen LogP) is 1.74. The van der Waals surface area contributed by atoms with Crippen molar-refractivity contribution >= 4 is 23.2 Å². The van der Waals surface area contributed by atoms with Gasteiger partial charge >= 0.3 is 0 Å². The Balaban J connectivity index is 2.06. The van der Waals surface area contributed by atoms with E-state index in [4.69, 9.17) is 17.3 Å². The molecule has 1 aliphatic rings. The van der Waals surface area contributed by atoms with Gasteiger partial charge in [-0.2, -0.15) is 0 Å². The van der Waals surface area contributed by atoms with E-state index in [2.05, 4.69) is 0 Å². The lowest BCUT2D eigenvalue weighted by atomic mass is 10.0. The third-order valence-electron chi connectivity index (χ3n) is 3.40. The van der Waals surface area contributed by atoms with Crippen LogP contribution in [0.1, 0.15) is 18.4 Å². The van der Waals surface area contributed by atoms with Crippen molar-refractivity contribution in [3.8, 4) is 0 Å². The molecule has 0 spiro atoms. The number of halogens is 1. The quantitative estimate of drug-likeness (QED) is 0.680. The van der Waals surface area contributed by atoms with Gasteiger partial charge in [0.2, 0.25) is 5.91 Å². The minimum absolute atomic E-state index is 0.0278. The first-order valence-corrected chi connectivity index (χ1v) is 6.81. The second-order valence-electron chi connectivity index (χ2n) is 4.95.